The number of nitrogens with one attached hydrogen (secondary N) is 2. The Labute approximate surface area is 253 Å². The number of hydrogen-bond donors (Lipinski definition) is 2. The topological polar surface area (TPSA) is 115 Å². The summed E-state index contributed by atoms with van der Waals surface area (Å²) in [6, 6.07) is -0.525. The summed E-state index contributed by atoms with van der Waals surface area (Å²) in [5.41, 5.74) is 0. The van der Waals surface area contributed by atoms with E-state index in [-0.39, 0.29) is 90.5 Å². The Bertz CT molecular complexity index is 932. The average molecular weight is 596 g/mol. The van der Waals surface area contributed by atoms with Gasteiger partial charge in [0.1, 0.15) is 5.78 Å². The molecule has 0 aromatic carbocycles. The van der Waals surface area contributed by atoms with Crippen molar-refractivity contribution in [1.82, 2.24) is 15.5 Å². The molecule has 10 nitrogen and oxygen atoms in total. The van der Waals surface area contributed by atoms with Crippen LogP contribution in [-0.2, 0) is 28.5 Å². The van der Waals surface area contributed by atoms with Crippen LogP contribution in [0.3, 0.4) is 0 Å². The second-order valence-corrected chi connectivity index (χ2v) is 13.9. The summed E-state index contributed by atoms with van der Waals surface area (Å²) >= 11 is 0. The number of carbonyl (C=O) groups excluding carboxylic acids is 3. The van der Waals surface area contributed by atoms with Crippen molar-refractivity contribution in [3.8, 4) is 0 Å². The van der Waals surface area contributed by atoms with Crippen molar-refractivity contribution in [2.75, 3.05) is 21.2 Å². The van der Waals surface area contributed by atoms with Crippen LogP contribution >= 0.6 is 0 Å². The molecule has 3 saturated heterocycles. The predicted octanol–water partition coefficient (Wildman–Crippen LogP) is 4.00. The highest BCUT2D eigenvalue weighted by Gasteiger charge is 2.45. The van der Waals surface area contributed by atoms with E-state index in [1.54, 1.807) is 7.11 Å². The Morgan fingerprint density at radius 1 is 0.810 bits per heavy atom. The number of ether oxygens (including phenoxy) is 4. The number of cyclic esters (lactones) is 1. The second kappa shape index (κ2) is 14.8. The third-order valence-electron chi connectivity index (χ3n) is 10.1. The van der Waals surface area contributed by atoms with Gasteiger partial charge in [0.15, 0.2) is 6.29 Å². The van der Waals surface area contributed by atoms with Crippen LogP contribution < -0.4 is 10.6 Å². The van der Waals surface area contributed by atoms with Gasteiger partial charge in [-0.3, -0.25) is 9.59 Å². The first kappa shape index (κ1) is 34.7. The molecule has 0 aromatic heterocycles. The fourth-order valence-electron chi connectivity index (χ4n) is 7.73. The first-order chi connectivity index (χ1) is 19.6. The molecule has 0 radical (unpaired) electrons. The largest absolute Gasteiger partial charge is 0.463 e. The highest BCUT2D eigenvalue weighted by atomic mass is 16.7. The van der Waals surface area contributed by atoms with E-state index < -0.39 is 18.5 Å². The number of amides is 2. The van der Waals surface area contributed by atoms with E-state index >= 15 is 0 Å². The smallest absolute Gasteiger partial charge is 0.315 e. The molecule has 42 heavy (non-hydrogen) atoms. The fraction of sp³-hybridized carbons (Fsp3) is 0.906. The lowest BCUT2D eigenvalue weighted by Gasteiger charge is -2.48. The van der Waals surface area contributed by atoms with Crippen molar-refractivity contribution in [2.24, 2.45) is 35.5 Å². The highest BCUT2D eigenvalue weighted by molar-refractivity contribution is 5.84. The Morgan fingerprint density at radius 3 is 2.10 bits per heavy atom. The molecule has 3 rings (SSSR count). The summed E-state index contributed by atoms with van der Waals surface area (Å²) in [7, 11) is 5.84. The fourth-order valence-corrected chi connectivity index (χ4v) is 7.73. The maximum atomic E-state index is 13.5. The molecule has 0 aromatic rings. The summed E-state index contributed by atoms with van der Waals surface area (Å²) in [6.45, 7) is 16.4. The van der Waals surface area contributed by atoms with Crippen LogP contribution in [0.25, 0.3) is 0 Å². The Kier molecular flexibility index (Phi) is 12.3. The second-order valence-electron chi connectivity index (χ2n) is 13.9. The third-order valence-corrected chi connectivity index (χ3v) is 10.1. The molecule has 2 amide bonds. The van der Waals surface area contributed by atoms with Gasteiger partial charge < -0.3 is 34.5 Å². The number of hydrogen-bond acceptors (Lipinski definition) is 8. The number of urea groups is 1. The van der Waals surface area contributed by atoms with Crippen LogP contribution in [0.4, 0.5) is 4.79 Å². The van der Waals surface area contributed by atoms with E-state index in [4.69, 9.17) is 18.9 Å². The standard InChI is InChI=1S/C32H57N3O7/c1-16-12-18(3)30(42-31-22(7)28(35(9)10)21(6)23(8)41-31)29(39-11)19(4)14-26(37)40-20(5)13-17(2)27-24(15-25(16)36)33-32(38)34-27/h16-24,27-31H,12-15H2,1-11H3,(H2,33,34,38)/t16-,17+,18+,19-,20-,21?,22?,23?,24-,27-,28?,29+,30+,31?/m1/s1. The summed E-state index contributed by atoms with van der Waals surface area (Å²) in [6.07, 6.45) is -0.0632. The molecule has 2 N–H and O–H groups in total. The van der Waals surface area contributed by atoms with Crippen molar-refractivity contribution in [1.29, 1.82) is 0 Å². The van der Waals surface area contributed by atoms with Gasteiger partial charge in [-0.15, -0.1) is 0 Å². The molecule has 3 aliphatic rings. The molecule has 3 heterocycles. The van der Waals surface area contributed by atoms with Crippen molar-refractivity contribution in [3.63, 3.8) is 0 Å². The van der Waals surface area contributed by atoms with Crippen molar-refractivity contribution in [3.05, 3.63) is 0 Å². The van der Waals surface area contributed by atoms with Crippen LogP contribution in [0.15, 0.2) is 0 Å². The predicted molar refractivity (Wildman–Crippen MR) is 161 cm³/mol. The van der Waals surface area contributed by atoms with Crippen LogP contribution in [0.2, 0.25) is 0 Å². The number of ketones is 1. The molecule has 0 aliphatic carbocycles. The molecule has 242 valence electrons. The van der Waals surface area contributed by atoms with Gasteiger partial charge in [0.05, 0.1) is 42.9 Å². The van der Waals surface area contributed by atoms with E-state index in [1.165, 1.54) is 0 Å². The number of nitrogens with zero attached hydrogens (tertiary/aromatic N) is 1. The monoisotopic (exact) mass is 595 g/mol. The number of esters is 1. The van der Waals surface area contributed by atoms with Gasteiger partial charge in [-0.25, -0.2) is 4.79 Å². The van der Waals surface area contributed by atoms with Gasteiger partial charge in [0.25, 0.3) is 0 Å². The van der Waals surface area contributed by atoms with Crippen molar-refractivity contribution >= 4 is 17.8 Å². The summed E-state index contributed by atoms with van der Waals surface area (Å²) in [4.78, 5) is 41.1. The zero-order valence-electron chi connectivity index (χ0n) is 27.7. The lowest BCUT2D eigenvalue weighted by Crippen LogP contribution is -2.56. The van der Waals surface area contributed by atoms with E-state index in [0.29, 0.717) is 18.8 Å². The number of Topliss-reactive ketones (excluding diaryl/α,β-unsaturated/α-hetero) is 1. The van der Waals surface area contributed by atoms with Crippen LogP contribution in [0.1, 0.15) is 81.1 Å². The highest BCUT2D eigenvalue weighted by Crippen LogP contribution is 2.37. The Hall–Kier alpha value is -1.75. The molecule has 10 heteroatoms. The van der Waals surface area contributed by atoms with E-state index in [2.05, 4.69) is 57.3 Å². The van der Waals surface area contributed by atoms with Gasteiger partial charge in [0, 0.05) is 31.4 Å². The van der Waals surface area contributed by atoms with Crippen molar-refractivity contribution < 1.29 is 33.3 Å². The van der Waals surface area contributed by atoms with Crippen molar-refractivity contribution in [2.45, 2.75) is 130 Å². The summed E-state index contributed by atoms with van der Waals surface area (Å²) in [5, 5.41) is 5.92. The molecule has 3 aliphatic heterocycles. The quantitative estimate of drug-likeness (QED) is 0.469. The number of methoxy groups -OCH3 is 1. The third kappa shape index (κ3) is 8.24. The maximum Gasteiger partial charge on any atom is 0.315 e. The molecular formula is C32H57N3O7. The van der Waals surface area contributed by atoms with Gasteiger partial charge in [-0.05, 0) is 64.5 Å². The van der Waals surface area contributed by atoms with E-state index in [0.717, 1.165) is 0 Å². The lowest BCUT2D eigenvalue weighted by molar-refractivity contribution is -0.282. The van der Waals surface area contributed by atoms with E-state index in [1.807, 2.05) is 27.7 Å². The number of rotatable bonds is 4. The molecular weight excluding hydrogens is 538 g/mol. The lowest BCUT2D eigenvalue weighted by atomic mass is 9.81. The van der Waals surface area contributed by atoms with Crippen LogP contribution in [-0.4, -0.2) is 92.7 Å². The van der Waals surface area contributed by atoms with Gasteiger partial charge in [-0.2, -0.15) is 0 Å². The van der Waals surface area contributed by atoms with Gasteiger partial charge in [-0.1, -0.05) is 41.5 Å². The first-order valence-corrected chi connectivity index (χ1v) is 15.9. The minimum atomic E-state index is -0.466. The van der Waals surface area contributed by atoms with E-state index in [9.17, 15) is 14.4 Å². The average Bonchev–Trinajstić information content (AvgIpc) is 3.25. The molecule has 0 spiro atoms. The molecule has 3 fully saturated rings. The molecule has 5 unspecified atom stereocenters. The zero-order valence-corrected chi connectivity index (χ0v) is 27.7. The normalized spacial score (nSPS) is 44.7. The number of carbonyl (C=O) groups is 3. The summed E-state index contributed by atoms with van der Waals surface area (Å²) in [5.74, 6) is -0.257. The molecule has 0 bridgehead atoms. The maximum absolute atomic E-state index is 13.5. The van der Waals surface area contributed by atoms with Gasteiger partial charge >= 0.3 is 12.0 Å². The SMILES string of the molecule is CO[C@@H]1[C@@H](OC2OC(C)C(C)C(N(C)C)C2C)[C@@H](C)C[C@@H](C)C(=O)C[C@H]2NC(=O)N[C@@H]2[C@@H](C)C[C@@H](C)OC(=O)C[C@H]1C. The molecule has 14 atom stereocenters. The first-order valence-electron chi connectivity index (χ1n) is 15.9. The van der Waals surface area contributed by atoms with Crippen LogP contribution in [0, 0.1) is 35.5 Å². The molecule has 0 saturated carbocycles. The number of fused-ring (bicyclic) bond motifs is 1. The minimum Gasteiger partial charge on any atom is -0.463 e. The van der Waals surface area contributed by atoms with Gasteiger partial charge in [0.2, 0.25) is 0 Å². The summed E-state index contributed by atoms with van der Waals surface area (Å²) < 4.78 is 25.2. The Morgan fingerprint density at radius 2 is 1.48 bits per heavy atom. The minimum absolute atomic E-state index is 0.000975. The zero-order chi connectivity index (χ0) is 31.5. The van der Waals surface area contributed by atoms with Crippen LogP contribution in [0.5, 0.6) is 0 Å². The Balaban J connectivity index is 1.91.